The van der Waals surface area contributed by atoms with Gasteiger partial charge in [0, 0.05) is 5.03 Å². The molecule has 0 N–H and O–H groups in total. The van der Waals surface area contributed by atoms with Crippen LogP contribution in [-0.2, 0) is 0 Å². The Balaban J connectivity index is 3.84. The van der Waals surface area contributed by atoms with Crippen LogP contribution in [-0.4, -0.2) is 5.38 Å². The molecule has 0 bridgehead atoms. The number of hydrogen-bond acceptors (Lipinski definition) is 0. The molecule has 1 atom stereocenters. The third kappa shape index (κ3) is 3.61. The maximum absolute atomic E-state index is 5.75. The molecule has 2 heteroatoms. The van der Waals surface area contributed by atoms with Gasteiger partial charge in [0.05, 0.1) is 5.38 Å². The van der Waals surface area contributed by atoms with E-state index >= 15 is 0 Å². The summed E-state index contributed by atoms with van der Waals surface area (Å²) in [7, 11) is 0. The van der Waals surface area contributed by atoms with Crippen molar-refractivity contribution in [1.82, 2.24) is 0 Å². The van der Waals surface area contributed by atoms with E-state index in [1.54, 1.807) is 12.2 Å². The molecule has 0 aromatic carbocycles. The van der Waals surface area contributed by atoms with Crippen LogP contribution in [0.5, 0.6) is 0 Å². The zero-order chi connectivity index (χ0) is 7.28. The summed E-state index contributed by atoms with van der Waals surface area (Å²) in [5, 5.41) is 0.610. The summed E-state index contributed by atoms with van der Waals surface area (Å²) in [6.07, 6.45) is 4.20. The van der Waals surface area contributed by atoms with Crippen LogP contribution in [0.3, 0.4) is 0 Å². The van der Waals surface area contributed by atoms with Crippen LogP contribution in [0, 0.1) is 0 Å². The van der Waals surface area contributed by atoms with Crippen LogP contribution in [0.4, 0.5) is 0 Å². The zero-order valence-electron chi connectivity index (χ0n) is 5.40. The molecular formula is C7H10Cl2. The Morgan fingerprint density at radius 2 is 2.33 bits per heavy atom. The molecule has 0 heterocycles. The number of allylic oxidation sites excluding steroid dienone is 3. The summed E-state index contributed by atoms with van der Waals surface area (Å²) in [6.45, 7) is 5.48. The second-order valence-corrected chi connectivity index (χ2v) is 2.63. The molecule has 0 fully saturated rings. The second kappa shape index (κ2) is 4.89. The molecule has 0 aliphatic carbocycles. The van der Waals surface area contributed by atoms with Crippen molar-refractivity contribution in [3.63, 3.8) is 0 Å². The van der Waals surface area contributed by atoms with Crippen molar-refractivity contribution >= 4 is 23.2 Å². The van der Waals surface area contributed by atoms with Crippen LogP contribution in [0.1, 0.15) is 13.3 Å². The maximum Gasteiger partial charge on any atom is 0.0689 e. The van der Waals surface area contributed by atoms with Crippen LogP contribution in [0.15, 0.2) is 23.8 Å². The molecule has 0 amide bonds. The van der Waals surface area contributed by atoms with Gasteiger partial charge in [-0.15, -0.1) is 11.6 Å². The van der Waals surface area contributed by atoms with E-state index in [1.165, 1.54) is 0 Å². The van der Waals surface area contributed by atoms with Gasteiger partial charge in [-0.3, -0.25) is 0 Å². The van der Waals surface area contributed by atoms with Gasteiger partial charge >= 0.3 is 0 Å². The topological polar surface area (TPSA) is 0 Å². The Hall–Kier alpha value is 0.0600. The Bertz CT molecular complexity index is 116. The minimum Gasteiger partial charge on any atom is -0.117 e. The van der Waals surface area contributed by atoms with E-state index in [1.807, 2.05) is 6.92 Å². The molecule has 0 radical (unpaired) electrons. The van der Waals surface area contributed by atoms with Gasteiger partial charge in [-0.25, -0.2) is 0 Å². The van der Waals surface area contributed by atoms with Crippen molar-refractivity contribution in [3.05, 3.63) is 23.8 Å². The molecule has 0 aliphatic heterocycles. The lowest BCUT2D eigenvalue weighted by atomic mass is 10.3. The van der Waals surface area contributed by atoms with Crippen LogP contribution in [0.2, 0.25) is 0 Å². The third-order valence-electron chi connectivity index (χ3n) is 0.935. The Morgan fingerprint density at radius 1 is 1.78 bits per heavy atom. The SMILES string of the molecule is C=CC=C(Cl)C(Cl)CC. The minimum atomic E-state index is -0.0512. The molecule has 0 aromatic rings. The fourth-order valence-electron chi connectivity index (χ4n) is 0.412. The van der Waals surface area contributed by atoms with Crippen LogP contribution < -0.4 is 0 Å². The van der Waals surface area contributed by atoms with E-state index < -0.39 is 0 Å². The Labute approximate surface area is 66.2 Å². The highest BCUT2D eigenvalue weighted by atomic mass is 35.5. The minimum absolute atomic E-state index is 0.0512. The monoisotopic (exact) mass is 164 g/mol. The molecule has 0 aliphatic rings. The van der Waals surface area contributed by atoms with Gasteiger partial charge in [0.15, 0.2) is 0 Å². The van der Waals surface area contributed by atoms with Crippen molar-refractivity contribution in [1.29, 1.82) is 0 Å². The number of halogens is 2. The van der Waals surface area contributed by atoms with Crippen LogP contribution >= 0.6 is 23.2 Å². The molecule has 0 saturated heterocycles. The lowest BCUT2D eigenvalue weighted by Crippen LogP contribution is -1.93. The average Bonchev–Trinajstić information content (AvgIpc) is 1.87. The summed E-state index contributed by atoms with van der Waals surface area (Å²) in [4.78, 5) is 0. The van der Waals surface area contributed by atoms with Crippen molar-refractivity contribution in [2.45, 2.75) is 18.7 Å². The first-order valence-electron chi connectivity index (χ1n) is 2.84. The molecule has 52 valence electrons. The van der Waals surface area contributed by atoms with E-state index in [-0.39, 0.29) is 5.38 Å². The van der Waals surface area contributed by atoms with Crippen LogP contribution in [0.25, 0.3) is 0 Å². The molecule has 1 unspecified atom stereocenters. The van der Waals surface area contributed by atoms with Gasteiger partial charge in [-0.1, -0.05) is 31.2 Å². The van der Waals surface area contributed by atoms with Gasteiger partial charge in [-0.05, 0) is 12.5 Å². The van der Waals surface area contributed by atoms with E-state index in [4.69, 9.17) is 23.2 Å². The van der Waals surface area contributed by atoms with Gasteiger partial charge in [0.25, 0.3) is 0 Å². The summed E-state index contributed by atoms with van der Waals surface area (Å²) < 4.78 is 0. The fraction of sp³-hybridized carbons (Fsp3) is 0.429. The number of alkyl halides is 1. The van der Waals surface area contributed by atoms with E-state index in [0.717, 1.165) is 6.42 Å². The first-order chi connectivity index (χ1) is 4.22. The smallest absolute Gasteiger partial charge is 0.0689 e. The Morgan fingerprint density at radius 3 is 2.67 bits per heavy atom. The predicted octanol–water partition coefficient (Wildman–Crippen LogP) is 3.31. The van der Waals surface area contributed by atoms with Crippen molar-refractivity contribution in [2.75, 3.05) is 0 Å². The van der Waals surface area contributed by atoms with Crippen molar-refractivity contribution < 1.29 is 0 Å². The standard InChI is InChI=1S/C7H10Cl2/c1-3-5-7(9)6(8)4-2/h3,5-6H,1,4H2,2H3. The highest BCUT2D eigenvalue weighted by molar-refractivity contribution is 6.37. The summed E-state index contributed by atoms with van der Waals surface area (Å²) in [6, 6.07) is 0. The lowest BCUT2D eigenvalue weighted by molar-refractivity contribution is 0.953. The zero-order valence-corrected chi connectivity index (χ0v) is 6.91. The van der Waals surface area contributed by atoms with E-state index in [2.05, 4.69) is 6.58 Å². The summed E-state index contributed by atoms with van der Waals surface area (Å²) >= 11 is 11.4. The highest BCUT2D eigenvalue weighted by Crippen LogP contribution is 2.16. The van der Waals surface area contributed by atoms with Crippen molar-refractivity contribution in [2.24, 2.45) is 0 Å². The molecule has 0 aromatic heterocycles. The average molecular weight is 165 g/mol. The quantitative estimate of drug-likeness (QED) is 0.444. The first kappa shape index (κ1) is 9.06. The molecule has 0 saturated carbocycles. The van der Waals surface area contributed by atoms with E-state index in [9.17, 15) is 0 Å². The van der Waals surface area contributed by atoms with Gasteiger partial charge in [0.2, 0.25) is 0 Å². The summed E-state index contributed by atoms with van der Waals surface area (Å²) in [5.41, 5.74) is 0. The molecule has 0 rings (SSSR count). The fourth-order valence-corrected chi connectivity index (χ4v) is 0.728. The first-order valence-corrected chi connectivity index (χ1v) is 3.66. The summed E-state index contributed by atoms with van der Waals surface area (Å²) in [5.74, 6) is 0. The van der Waals surface area contributed by atoms with Crippen molar-refractivity contribution in [3.8, 4) is 0 Å². The second-order valence-electron chi connectivity index (χ2n) is 1.66. The maximum atomic E-state index is 5.75. The molecule has 0 spiro atoms. The van der Waals surface area contributed by atoms with Gasteiger partial charge < -0.3 is 0 Å². The highest BCUT2D eigenvalue weighted by Gasteiger charge is 2.02. The van der Waals surface area contributed by atoms with Gasteiger partial charge in [-0.2, -0.15) is 0 Å². The lowest BCUT2D eigenvalue weighted by Gasteiger charge is -2.01. The number of rotatable bonds is 3. The normalized spacial score (nSPS) is 15.2. The number of hydrogen-bond donors (Lipinski definition) is 0. The van der Waals surface area contributed by atoms with Gasteiger partial charge in [0.1, 0.15) is 0 Å². The largest absolute Gasteiger partial charge is 0.117 e. The van der Waals surface area contributed by atoms with E-state index in [0.29, 0.717) is 5.03 Å². The molecular weight excluding hydrogens is 155 g/mol. The third-order valence-corrected chi connectivity index (χ3v) is 1.98. The Kier molecular flexibility index (Phi) is 4.93. The molecule has 9 heavy (non-hydrogen) atoms. The molecule has 0 nitrogen and oxygen atoms in total. The predicted molar refractivity (Wildman–Crippen MR) is 44.1 cm³/mol.